The number of aryl methyl sites for hydroxylation is 1. The quantitative estimate of drug-likeness (QED) is 0.539. The third kappa shape index (κ3) is 7.17. The Morgan fingerprint density at radius 2 is 1.65 bits per heavy atom. The van der Waals surface area contributed by atoms with Crippen molar-refractivity contribution in [2.45, 2.75) is 17.9 Å². The van der Waals surface area contributed by atoms with Crippen LogP contribution in [0.2, 0.25) is 5.02 Å². The van der Waals surface area contributed by atoms with Gasteiger partial charge in [-0.05, 0) is 43.3 Å². The lowest BCUT2D eigenvalue weighted by Gasteiger charge is -2.34. The standard InChI is InChI=1S/C22H29ClN2O5S/c1-18-2-8-22(9-3-18)31(27,28)25-12-10-24(11-13-25)16-20(26)17-29-14-15-30-21-6-4-19(23)5-7-21/h2-9,20,26H,10-17H2,1H3/t20-/m1/s1. The molecule has 1 atom stereocenters. The number of aliphatic hydroxyl groups excluding tert-OH is 1. The largest absolute Gasteiger partial charge is 0.491 e. The zero-order valence-electron chi connectivity index (χ0n) is 17.6. The fourth-order valence-electron chi connectivity index (χ4n) is 3.33. The summed E-state index contributed by atoms with van der Waals surface area (Å²) in [5.74, 6) is 0.715. The Kier molecular flexibility index (Phi) is 8.71. The van der Waals surface area contributed by atoms with Crippen molar-refractivity contribution in [1.29, 1.82) is 0 Å². The lowest BCUT2D eigenvalue weighted by molar-refractivity contribution is 0.00374. The highest BCUT2D eigenvalue weighted by Gasteiger charge is 2.28. The van der Waals surface area contributed by atoms with E-state index in [1.165, 1.54) is 4.31 Å². The summed E-state index contributed by atoms with van der Waals surface area (Å²) in [7, 11) is -3.48. The summed E-state index contributed by atoms with van der Waals surface area (Å²) >= 11 is 5.83. The molecule has 0 amide bonds. The van der Waals surface area contributed by atoms with E-state index in [1.807, 2.05) is 6.92 Å². The molecule has 1 heterocycles. The maximum atomic E-state index is 12.8. The number of benzene rings is 2. The monoisotopic (exact) mass is 468 g/mol. The second kappa shape index (κ2) is 11.3. The van der Waals surface area contributed by atoms with Crippen LogP contribution in [0.3, 0.4) is 0 Å². The number of nitrogens with zero attached hydrogens (tertiary/aromatic N) is 2. The van der Waals surface area contributed by atoms with Gasteiger partial charge >= 0.3 is 0 Å². The Hall–Kier alpha value is -1.68. The van der Waals surface area contributed by atoms with Crippen molar-refractivity contribution < 1.29 is 23.0 Å². The smallest absolute Gasteiger partial charge is 0.243 e. The van der Waals surface area contributed by atoms with E-state index >= 15 is 0 Å². The second-order valence-electron chi connectivity index (χ2n) is 7.55. The lowest BCUT2D eigenvalue weighted by Crippen LogP contribution is -2.50. The van der Waals surface area contributed by atoms with Crippen LogP contribution < -0.4 is 4.74 Å². The minimum absolute atomic E-state index is 0.200. The molecule has 1 aliphatic rings. The number of halogens is 1. The number of ether oxygens (including phenoxy) is 2. The van der Waals surface area contributed by atoms with Gasteiger partial charge in [-0.2, -0.15) is 4.31 Å². The molecule has 0 radical (unpaired) electrons. The van der Waals surface area contributed by atoms with Crippen LogP contribution >= 0.6 is 11.6 Å². The van der Waals surface area contributed by atoms with Crippen LogP contribution in [0, 0.1) is 6.92 Å². The molecule has 0 saturated carbocycles. The molecule has 1 fully saturated rings. The summed E-state index contributed by atoms with van der Waals surface area (Å²) in [4.78, 5) is 2.38. The molecule has 170 valence electrons. The fourth-order valence-corrected chi connectivity index (χ4v) is 4.88. The fraction of sp³-hybridized carbons (Fsp3) is 0.455. The molecule has 1 N–H and O–H groups in total. The lowest BCUT2D eigenvalue weighted by atomic mass is 10.2. The maximum Gasteiger partial charge on any atom is 0.243 e. The van der Waals surface area contributed by atoms with Crippen molar-refractivity contribution in [3.8, 4) is 5.75 Å². The Morgan fingerprint density at radius 1 is 1.00 bits per heavy atom. The van der Waals surface area contributed by atoms with Gasteiger partial charge in [0.2, 0.25) is 10.0 Å². The number of hydrogen-bond acceptors (Lipinski definition) is 6. The summed E-state index contributed by atoms with van der Waals surface area (Å²) < 4.78 is 38.1. The van der Waals surface area contributed by atoms with Crippen molar-refractivity contribution in [2.75, 3.05) is 52.5 Å². The first-order chi connectivity index (χ1) is 14.8. The summed E-state index contributed by atoms with van der Waals surface area (Å²) in [5.41, 5.74) is 1.02. The van der Waals surface area contributed by atoms with Gasteiger partial charge in [0.1, 0.15) is 12.4 Å². The molecule has 2 aromatic rings. The molecule has 31 heavy (non-hydrogen) atoms. The van der Waals surface area contributed by atoms with Gasteiger partial charge in [-0.25, -0.2) is 8.42 Å². The van der Waals surface area contributed by atoms with Crippen molar-refractivity contribution >= 4 is 21.6 Å². The third-order valence-electron chi connectivity index (χ3n) is 5.08. The first-order valence-corrected chi connectivity index (χ1v) is 12.1. The zero-order chi connectivity index (χ0) is 22.3. The summed E-state index contributed by atoms with van der Waals surface area (Å²) in [6.45, 7) is 5.26. The highest BCUT2D eigenvalue weighted by Crippen LogP contribution is 2.18. The van der Waals surface area contributed by atoms with E-state index in [2.05, 4.69) is 4.90 Å². The molecule has 1 aliphatic heterocycles. The Morgan fingerprint density at radius 3 is 2.29 bits per heavy atom. The van der Waals surface area contributed by atoms with Crippen molar-refractivity contribution in [2.24, 2.45) is 0 Å². The number of piperazine rings is 1. The molecule has 0 aromatic heterocycles. The van der Waals surface area contributed by atoms with Crippen molar-refractivity contribution in [3.63, 3.8) is 0 Å². The van der Waals surface area contributed by atoms with Crippen molar-refractivity contribution in [3.05, 3.63) is 59.1 Å². The van der Waals surface area contributed by atoms with Gasteiger partial charge in [-0.3, -0.25) is 4.90 Å². The molecule has 3 rings (SSSR count). The number of sulfonamides is 1. The predicted octanol–water partition coefficient (Wildman–Crippen LogP) is 2.41. The minimum Gasteiger partial charge on any atom is -0.491 e. The minimum atomic E-state index is -3.48. The first kappa shape index (κ1) is 24.0. The van der Waals surface area contributed by atoms with E-state index in [-0.39, 0.29) is 6.61 Å². The molecule has 0 aliphatic carbocycles. The zero-order valence-corrected chi connectivity index (χ0v) is 19.2. The van der Waals surface area contributed by atoms with Gasteiger partial charge in [-0.15, -0.1) is 0 Å². The van der Waals surface area contributed by atoms with Gasteiger partial charge in [0.05, 0.1) is 24.2 Å². The van der Waals surface area contributed by atoms with Gasteiger partial charge in [-0.1, -0.05) is 29.3 Å². The predicted molar refractivity (Wildman–Crippen MR) is 120 cm³/mol. The second-order valence-corrected chi connectivity index (χ2v) is 9.92. The third-order valence-corrected chi connectivity index (χ3v) is 7.24. The normalized spacial score (nSPS) is 16.9. The molecule has 0 bridgehead atoms. The Balaban J connectivity index is 1.33. The molecule has 2 aromatic carbocycles. The van der Waals surface area contributed by atoms with E-state index in [0.717, 1.165) is 5.56 Å². The van der Waals surface area contributed by atoms with Crippen LogP contribution in [0.15, 0.2) is 53.4 Å². The van der Waals surface area contributed by atoms with Crippen LogP contribution in [0.5, 0.6) is 5.75 Å². The van der Waals surface area contributed by atoms with E-state index in [4.69, 9.17) is 21.1 Å². The van der Waals surface area contributed by atoms with Gasteiger partial charge in [0, 0.05) is 37.7 Å². The Labute approximate surface area is 189 Å². The van der Waals surface area contributed by atoms with Crippen LogP contribution in [0.1, 0.15) is 5.56 Å². The van der Waals surface area contributed by atoms with Crippen LogP contribution in [0.4, 0.5) is 0 Å². The van der Waals surface area contributed by atoms with Gasteiger partial charge in [0.25, 0.3) is 0 Å². The Bertz CT molecular complexity index is 914. The molecule has 9 heteroatoms. The molecule has 0 spiro atoms. The van der Waals surface area contributed by atoms with Crippen molar-refractivity contribution in [1.82, 2.24) is 9.21 Å². The van der Waals surface area contributed by atoms with E-state index in [9.17, 15) is 13.5 Å². The van der Waals surface area contributed by atoms with Crippen LogP contribution in [0.25, 0.3) is 0 Å². The average Bonchev–Trinajstić information content (AvgIpc) is 2.75. The number of β-amino-alcohol motifs (C(OH)–C–C–N with tert-alkyl or cyclic N) is 1. The topological polar surface area (TPSA) is 79.3 Å². The maximum absolute atomic E-state index is 12.8. The summed E-state index contributed by atoms with van der Waals surface area (Å²) in [5, 5.41) is 10.9. The van der Waals surface area contributed by atoms with Gasteiger partial charge in [0.15, 0.2) is 0 Å². The number of rotatable bonds is 10. The first-order valence-electron chi connectivity index (χ1n) is 10.3. The summed E-state index contributed by atoms with van der Waals surface area (Å²) in [6, 6.07) is 14.0. The molecule has 1 saturated heterocycles. The van der Waals surface area contributed by atoms with E-state index in [0.29, 0.717) is 61.6 Å². The highest BCUT2D eigenvalue weighted by atomic mass is 35.5. The van der Waals surface area contributed by atoms with Gasteiger partial charge < -0.3 is 14.6 Å². The van der Waals surface area contributed by atoms with Crippen LogP contribution in [-0.4, -0.2) is 81.4 Å². The average molecular weight is 469 g/mol. The molecular weight excluding hydrogens is 440 g/mol. The van der Waals surface area contributed by atoms with E-state index in [1.54, 1.807) is 48.5 Å². The number of aliphatic hydroxyl groups is 1. The van der Waals surface area contributed by atoms with E-state index < -0.39 is 16.1 Å². The number of hydrogen-bond donors (Lipinski definition) is 1. The highest BCUT2D eigenvalue weighted by molar-refractivity contribution is 7.89. The molecule has 0 unspecified atom stereocenters. The molecular formula is C22H29ClN2O5S. The summed E-state index contributed by atoms with van der Waals surface area (Å²) in [6.07, 6.45) is -0.643. The SMILES string of the molecule is Cc1ccc(S(=O)(=O)N2CCN(C[C@@H](O)COCCOc3ccc(Cl)cc3)CC2)cc1. The molecule has 7 nitrogen and oxygen atoms in total. The van der Waals surface area contributed by atoms with Crippen LogP contribution in [-0.2, 0) is 14.8 Å².